The quantitative estimate of drug-likeness (QED) is 0.610. The van der Waals surface area contributed by atoms with Crippen LogP contribution < -0.4 is 5.32 Å². The Balaban J connectivity index is 1.66. The van der Waals surface area contributed by atoms with Crippen LogP contribution in [0.5, 0.6) is 0 Å². The summed E-state index contributed by atoms with van der Waals surface area (Å²) in [5, 5.41) is 14.4. The molecule has 0 fully saturated rings. The fraction of sp³-hybridized carbons (Fsp3) is 0.158. The number of aromatic nitrogens is 2. The summed E-state index contributed by atoms with van der Waals surface area (Å²) < 4.78 is 26.4. The average molecular weight is 416 g/mol. The molecule has 1 N–H and O–H groups in total. The fourth-order valence-electron chi connectivity index (χ4n) is 2.45. The maximum absolute atomic E-state index is 13.4. The van der Waals surface area contributed by atoms with E-state index in [-0.39, 0.29) is 11.7 Å². The Bertz CT molecular complexity index is 1090. The van der Waals surface area contributed by atoms with Gasteiger partial charge in [0.2, 0.25) is 5.91 Å². The number of pyridine rings is 1. The number of hydrogen-bond acceptors (Lipinski definition) is 6. The second-order valence-electron chi connectivity index (χ2n) is 5.88. The SMILES string of the molecule is Cc1cc(C)c(C#N)c(SCC(=O)Nc2nc(-c3ccc(F)c(F)c3)cs2)n1. The maximum atomic E-state index is 13.4. The van der Waals surface area contributed by atoms with Crippen LogP contribution in [0.25, 0.3) is 11.3 Å². The lowest BCUT2D eigenvalue weighted by atomic mass is 10.1. The maximum Gasteiger partial charge on any atom is 0.236 e. The average Bonchev–Trinajstić information content (AvgIpc) is 3.10. The topological polar surface area (TPSA) is 78.7 Å². The van der Waals surface area contributed by atoms with Gasteiger partial charge in [0.25, 0.3) is 0 Å². The Morgan fingerprint density at radius 3 is 2.75 bits per heavy atom. The summed E-state index contributed by atoms with van der Waals surface area (Å²) in [6, 6.07) is 7.44. The van der Waals surface area contributed by atoms with Gasteiger partial charge < -0.3 is 5.32 Å². The first-order valence-corrected chi connectivity index (χ1v) is 9.96. The standard InChI is InChI=1S/C19H14F2N4OS2/c1-10-5-11(2)23-18(13(10)7-22)27-9-17(26)25-19-24-16(8-28-19)12-3-4-14(20)15(21)6-12/h3-6,8H,9H2,1-2H3,(H,24,25,26). The minimum atomic E-state index is -0.957. The van der Waals surface area contributed by atoms with Crippen molar-refractivity contribution < 1.29 is 13.6 Å². The molecule has 0 aliphatic rings. The summed E-state index contributed by atoms with van der Waals surface area (Å²) in [5.41, 5.74) is 2.90. The monoisotopic (exact) mass is 416 g/mol. The first-order valence-electron chi connectivity index (χ1n) is 8.09. The number of hydrogen-bond donors (Lipinski definition) is 1. The molecule has 9 heteroatoms. The molecule has 3 rings (SSSR count). The van der Waals surface area contributed by atoms with Crippen molar-refractivity contribution >= 4 is 34.1 Å². The lowest BCUT2D eigenvalue weighted by molar-refractivity contribution is -0.113. The summed E-state index contributed by atoms with van der Waals surface area (Å²) in [5.74, 6) is -2.13. The predicted molar refractivity (Wildman–Crippen MR) is 105 cm³/mol. The van der Waals surface area contributed by atoms with Crippen molar-refractivity contribution in [3.63, 3.8) is 0 Å². The highest BCUT2D eigenvalue weighted by Crippen LogP contribution is 2.27. The summed E-state index contributed by atoms with van der Waals surface area (Å²) >= 11 is 2.35. The normalized spacial score (nSPS) is 10.5. The van der Waals surface area contributed by atoms with Crippen molar-refractivity contribution in [3.8, 4) is 17.3 Å². The van der Waals surface area contributed by atoms with Crippen LogP contribution in [-0.4, -0.2) is 21.6 Å². The summed E-state index contributed by atoms with van der Waals surface area (Å²) in [7, 11) is 0. The van der Waals surface area contributed by atoms with E-state index in [0.717, 1.165) is 23.4 Å². The molecule has 2 aromatic heterocycles. The summed E-state index contributed by atoms with van der Waals surface area (Å²) in [4.78, 5) is 20.8. The third-order valence-corrected chi connectivity index (χ3v) is 5.46. The molecule has 0 unspecified atom stereocenters. The molecule has 28 heavy (non-hydrogen) atoms. The lowest BCUT2D eigenvalue weighted by Crippen LogP contribution is -2.14. The van der Waals surface area contributed by atoms with Crippen LogP contribution >= 0.6 is 23.1 Å². The number of carbonyl (C=O) groups excluding carboxylic acids is 1. The van der Waals surface area contributed by atoms with Gasteiger partial charge >= 0.3 is 0 Å². The Morgan fingerprint density at radius 1 is 1.25 bits per heavy atom. The fourth-order valence-corrected chi connectivity index (χ4v) is 4.09. The van der Waals surface area contributed by atoms with Crippen molar-refractivity contribution in [2.45, 2.75) is 18.9 Å². The van der Waals surface area contributed by atoms with Crippen LogP contribution in [0, 0.1) is 36.8 Å². The Labute approximate surface area is 168 Å². The molecule has 0 saturated heterocycles. The zero-order valence-electron chi connectivity index (χ0n) is 14.9. The Kier molecular flexibility index (Phi) is 6.02. The molecule has 0 aliphatic carbocycles. The van der Waals surface area contributed by atoms with E-state index in [9.17, 15) is 18.8 Å². The van der Waals surface area contributed by atoms with Gasteiger partial charge in [-0.2, -0.15) is 5.26 Å². The van der Waals surface area contributed by atoms with E-state index in [1.165, 1.54) is 29.2 Å². The zero-order valence-corrected chi connectivity index (χ0v) is 16.5. The van der Waals surface area contributed by atoms with Crippen molar-refractivity contribution in [1.82, 2.24) is 9.97 Å². The van der Waals surface area contributed by atoms with Crippen LogP contribution in [0.3, 0.4) is 0 Å². The molecule has 0 aliphatic heterocycles. The minimum absolute atomic E-state index is 0.0602. The first-order chi connectivity index (χ1) is 13.4. The predicted octanol–water partition coefficient (Wildman–Crippen LogP) is 4.70. The van der Waals surface area contributed by atoms with E-state index >= 15 is 0 Å². The Morgan fingerprint density at radius 2 is 2.04 bits per heavy atom. The highest BCUT2D eigenvalue weighted by Gasteiger charge is 2.13. The van der Waals surface area contributed by atoms with Gasteiger partial charge in [0.05, 0.1) is 17.0 Å². The van der Waals surface area contributed by atoms with Gasteiger partial charge in [0, 0.05) is 16.6 Å². The second kappa shape index (κ2) is 8.46. The zero-order chi connectivity index (χ0) is 20.3. The number of anilines is 1. The van der Waals surface area contributed by atoms with Gasteiger partial charge in [-0.3, -0.25) is 4.79 Å². The van der Waals surface area contributed by atoms with Crippen LogP contribution in [0.15, 0.2) is 34.7 Å². The molecular formula is C19H14F2N4OS2. The number of nitrogens with one attached hydrogen (secondary N) is 1. The van der Waals surface area contributed by atoms with Crippen LogP contribution in [0.2, 0.25) is 0 Å². The molecule has 0 atom stereocenters. The number of nitriles is 1. The van der Waals surface area contributed by atoms with Crippen LogP contribution in [-0.2, 0) is 4.79 Å². The third-order valence-electron chi connectivity index (χ3n) is 3.73. The van der Waals surface area contributed by atoms with E-state index in [1.54, 1.807) is 5.38 Å². The number of halogens is 2. The number of amides is 1. The van der Waals surface area contributed by atoms with Gasteiger partial charge in [0.1, 0.15) is 11.1 Å². The molecule has 1 amide bonds. The number of aryl methyl sites for hydroxylation is 2. The van der Waals surface area contributed by atoms with Gasteiger partial charge in [0.15, 0.2) is 16.8 Å². The molecule has 142 valence electrons. The van der Waals surface area contributed by atoms with Crippen molar-refractivity contribution in [2.75, 3.05) is 11.1 Å². The van der Waals surface area contributed by atoms with Crippen molar-refractivity contribution in [3.05, 3.63) is 58.1 Å². The van der Waals surface area contributed by atoms with Crippen LogP contribution in [0.4, 0.5) is 13.9 Å². The van der Waals surface area contributed by atoms with E-state index in [1.807, 2.05) is 19.9 Å². The number of benzene rings is 1. The lowest BCUT2D eigenvalue weighted by Gasteiger charge is -2.07. The molecule has 2 heterocycles. The molecule has 0 radical (unpaired) electrons. The number of thioether (sulfide) groups is 1. The minimum Gasteiger partial charge on any atom is -0.301 e. The van der Waals surface area contributed by atoms with E-state index in [0.29, 0.717) is 27.0 Å². The van der Waals surface area contributed by atoms with Crippen LogP contribution in [0.1, 0.15) is 16.8 Å². The molecule has 3 aromatic rings. The number of rotatable bonds is 5. The van der Waals surface area contributed by atoms with Crippen molar-refractivity contribution in [1.29, 1.82) is 5.26 Å². The molecule has 5 nitrogen and oxygen atoms in total. The number of carbonyl (C=O) groups is 1. The van der Waals surface area contributed by atoms with Gasteiger partial charge in [-0.25, -0.2) is 18.7 Å². The highest BCUT2D eigenvalue weighted by molar-refractivity contribution is 8.00. The second-order valence-corrected chi connectivity index (χ2v) is 7.70. The van der Waals surface area contributed by atoms with Crippen molar-refractivity contribution in [2.24, 2.45) is 0 Å². The molecule has 0 saturated carbocycles. The van der Waals surface area contributed by atoms with E-state index in [4.69, 9.17) is 0 Å². The van der Waals surface area contributed by atoms with Gasteiger partial charge in [-0.1, -0.05) is 11.8 Å². The first kappa shape index (κ1) is 19.9. The third kappa shape index (κ3) is 4.52. The largest absolute Gasteiger partial charge is 0.301 e. The highest BCUT2D eigenvalue weighted by atomic mass is 32.2. The molecular weight excluding hydrogens is 402 g/mol. The molecule has 0 bridgehead atoms. The van der Waals surface area contributed by atoms with Gasteiger partial charge in [-0.15, -0.1) is 11.3 Å². The smallest absolute Gasteiger partial charge is 0.236 e. The van der Waals surface area contributed by atoms with E-state index < -0.39 is 11.6 Å². The number of thiazole rings is 1. The summed E-state index contributed by atoms with van der Waals surface area (Å²) in [6.45, 7) is 3.65. The summed E-state index contributed by atoms with van der Waals surface area (Å²) in [6.07, 6.45) is 0. The molecule has 0 spiro atoms. The molecule has 1 aromatic carbocycles. The Hall–Kier alpha value is -2.83. The number of nitrogens with zero attached hydrogens (tertiary/aromatic N) is 3. The van der Waals surface area contributed by atoms with E-state index in [2.05, 4.69) is 21.4 Å². The van der Waals surface area contributed by atoms with Gasteiger partial charge in [-0.05, 0) is 43.7 Å².